The van der Waals surface area contributed by atoms with E-state index in [0.717, 1.165) is 18.6 Å². The van der Waals surface area contributed by atoms with Crippen LogP contribution in [0.5, 0.6) is 0 Å². The summed E-state index contributed by atoms with van der Waals surface area (Å²) in [6.45, 7) is 13.2. The first-order valence-electron chi connectivity index (χ1n) is 6.03. The minimum Gasteiger partial charge on any atom is -0.301 e. The molecule has 84 valence electrons. The minimum absolute atomic E-state index is 0.797. The number of allylic oxidation sites excluding steroid dienone is 1. The van der Waals surface area contributed by atoms with Crippen LogP contribution in [0.2, 0.25) is 0 Å². The minimum atomic E-state index is 0.797. The van der Waals surface area contributed by atoms with Crippen LogP contribution in [0.15, 0.2) is 24.3 Å². The summed E-state index contributed by atoms with van der Waals surface area (Å²) < 4.78 is 0. The van der Waals surface area contributed by atoms with Gasteiger partial charge in [-0.3, -0.25) is 4.90 Å². The third kappa shape index (κ3) is 2.16. The van der Waals surface area contributed by atoms with Crippen molar-refractivity contribution >= 4 is 0 Å². The maximum Gasteiger partial charge on any atom is 0.0245 e. The summed E-state index contributed by atoms with van der Waals surface area (Å²) >= 11 is 0. The summed E-state index contributed by atoms with van der Waals surface area (Å²) in [4.78, 5) is 5.18. The lowest BCUT2D eigenvalue weighted by molar-refractivity contribution is -0.0603. The van der Waals surface area contributed by atoms with Gasteiger partial charge in [-0.15, -0.1) is 0 Å². The highest BCUT2D eigenvalue weighted by atomic mass is 15.4. The van der Waals surface area contributed by atoms with Crippen molar-refractivity contribution in [2.45, 2.75) is 32.4 Å². The van der Waals surface area contributed by atoms with Crippen LogP contribution in [-0.2, 0) is 0 Å². The zero-order valence-electron chi connectivity index (χ0n) is 9.95. The first-order valence-corrected chi connectivity index (χ1v) is 6.03. The van der Waals surface area contributed by atoms with E-state index in [4.69, 9.17) is 0 Å². The van der Waals surface area contributed by atoms with Crippen LogP contribution in [0.4, 0.5) is 0 Å². The number of piperazine rings is 1. The van der Waals surface area contributed by atoms with Crippen molar-refractivity contribution < 1.29 is 0 Å². The van der Waals surface area contributed by atoms with Crippen LogP contribution in [0, 0.1) is 0 Å². The molecule has 2 atom stereocenters. The van der Waals surface area contributed by atoms with E-state index in [2.05, 4.69) is 42.4 Å². The van der Waals surface area contributed by atoms with Gasteiger partial charge in [0.2, 0.25) is 0 Å². The molecule has 3 fully saturated rings. The van der Waals surface area contributed by atoms with Gasteiger partial charge in [0.1, 0.15) is 0 Å². The Labute approximate surface area is 93.2 Å². The number of nitrogens with zero attached hydrogens (tertiary/aromatic N) is 2. The van der Waals surface area contributed by atoms with Crippen molar-refractivity contribution in [3.8, 4) is 0 Å². The summed E-state index contributed by atoms with van der Waals surface area (Å²) in [6, 6.07) is 1.59. The normalized spacial score (nSPS) is 31.9. The lowest BCUT2D eigenvalue weighted by atomic mass is 9.87. The van der Waals surface area contributed by atoms with Gasteiger partial charge in [-0.05, 0) is 25.5 Å². The quantitative estimate of drug-likeness (QED) is 0.648. The molecule has 0 saturated carbocycles. The molecule has 3 heterocycles. The second kappa shape index (κ2) is 4.50. The predicted octanol–water partition coefficient (Wildman–Crippen LogP) is 1.90. The van der Waals surface area contributed by atoms with Crippen molar-refractivity contribution in [1.82, 2.24) is 9.80 Å². The molecular formula is C13H22N2. The molecule has 3 aliphatic heterocycles. The number of piperidine rings is 1. The van der Waals surface area contributed by atoms with E-state index in [1.165, 1.54) is 31.6 Å². The van der Waals surface area contributed by atoms with E-state index in [1.807, 2.05) is 0 Å². The Morgan fingerprint density at radius 1 is 1.40 bits per heavy atom. The Hall–Kier alpha value is -0.600. The fraction of sp³-hybridized carbons (Fsp3) is 0.692. The van der Waals surface area contributed by atoms with Gasteiger partial charge in [-0.2, -0.15) is 0 Å². The summed E-state index contributed by atoms with van der Waals surface area (Å²) in [5.74, 6) is 0. The van der Waals surface area contributed by atoms with Crippen LogP contribution in [0.1, 0.15) is 20.3 Å². The highest BCUT2D eigenvalue weighted by molar-refractivity contribution is 5.18. The van der Waals surface area contributed by atoms with E-state index < -0.39 is 0 Å². The Balaban J connectivity index is 1.85. The number of hydrogen-bond donors (Lipinski definition) is 0. The summed E-state index contributed by atoms with van der Waals surface area (Å²) in [5.41, 5.74) is 1.25. The highest BCUT2D eigenvalue weighted by Crippen LogP contribution is 2.32. The fourth-order valence-corrected chi connectivity index (χ4v) is 2.81. The Morgan fingerprint density at radius 2 is 2.07 bits per heavy atom. The lowest BCUT2D eigenvalue weighted by Gasteiger charge is -2.56. The van der Waals surface area contributed by atoms with Gasteiger partial charge in [0, 0.05) is 31.7 Å². The topological polar surface area (TPSA) is 6.48 Å². The summed E-state index contributed by atoms with van der Waals surface area (Å²) in [5, 5.41) is 0. The summed E-state index contributed by atoms with van der Waals surface area (Å²) in [7, 11) is 0. The molecule has 0 aromatic rings. The molecule has 0 amide bonds. The van der Waals surface area contributed by atoms with Crippen molar-refractivity contribution in [2.75, 3.05) is 26.2 Å². The smallest absolute Gasteiger partial charge is 0.0245 e. The van der Waals surface area contributed by atoms with E-state index in [1.54, 1.807) is 0 Å². The number of likely N-dealkylation sites (N-methyl/N-ethyl adjacent to an activating group) is 1. The van der Waals surface area contributed by atoms with Crippen LogP contribution < -0.4 is 0 Å². The molecule has 3 saturated heterocycles. The molecule has 3 rings (SSSR count). The molecule has 2 unspecified atom stereocenters. The standard InChI is InChI=1S/C13H22N2/c1-4-6-11(3)8-15-12-7-13(15)10-14(5-2)9-12/h4,6,12-13H,3,5,7-10H2,1-2H3/b6-4+. The second-order valence-corrected chi connectivity index (χ2v) is 4.73. The molecule has 0 aromatic carbocycles. The summed E-state index contributed by atoms with van der Waals surface area (Å²) in [6.07, 6.45) is 5.61. The lowest BCUT2D eigenvalue weighted by Crippen LogP contribution is -2.68. The Kier molecular flexibility index (Phi) is 3.27. The molecule has 0 radical (unpaired) electrons. The highest BCUT2D eigenvalue weighted by Gasteiger charge is 2.43. The van der Waals surface area contributed by atoms with Crippen LogP contribution in [0.25, 0.3) is 0 Å². The molecule has 0 N–H and O–H groups in total. The average molecular weight is 206 g/mol. The maximum absolute atomic E-state index is 4.09. The van der Waals surface area contributed by atoms with Crippen LogP contribution in [0.3, 0.4) is 0 Å². The Morgan fingerprint density at radius 3 is 2.60 bits per heavy atom. The molecule has 2 nitrogen and oxygen atoms in total. The van der Waals surface area contributed by atoms with Crippen LogP contribution in [-0.4, -0.2) is 48.1 Å². The molecular weight excluding hydrogens is 184 g/mol. The SMILES string of the molecule is C=C(/C=C/C)CN1C2CC1CN(CC)C2. The van der Waals surface area contributed by atoms with E-state index in [0.29, 0.717) is 0 Å². The molecule has 0 aliphatic carbocycles. The molecule has 0 spiro atoms. The molecule has 0 aromatic heterocycles. The number of hydrogen-bond acceptors (Lipinski definition) is 2. The first-order chi connectivity index (χ1) is 7.24. The number of rotatable bonds is 4. The van der Waals surface area contributed by atoms with Gasteiger partial charge in [-0.25, -0.2) is 0 Å². The monoisotopic (exact) mass is 206 g/mol. The molecule has 2 bridgehead atoms. The molecule has 2 heteroatoms. The average Bonchev–Trinajstić information content (AvgIpc) is 2.26. The third-order valence-corrected chi connectivity index (χ3v) is 3.66. The van der Waals surface area contributed by atoms with Crippen molar-refractivity contribution in [1.29, 1.82) is 0 Å². The Bertz CT molecular complexity index is 258. The van der Waals surface area contributed by atoms with Crippen molar-refractivity contribution in [2.24, 2.45) is 0 Å². The maximum atomic E-state index is 4.09. The van der Waals surface area contributed by atoms with E-state index in [9.17, 15) is 0 Å². The first kappa shape index (κ1) is 10.9. The number of fused-ring (bicyclic) bond motifs is 2. The molecule has 3 aliphatic rings. The third-order valence-electron chi connectivity index (χ3n) is 3.66. The van der Waals surface area contributed by atoms with Gasteiger partial charge < -0.3 is 4.90 Å². The fourth-order valence-electron chi connectivity index (χ4n) is 2.81. The van der Waals surface area contributed by atoms with E-state index >= 15 is 0 Å². The van der Waals surface area contributed by atoms with Crippen molar-refractivity contribution in [3.05, 3.63) is 24.3 Å². The molecule has 15 heavy (non-hydrogen) atoms. The van der Waals surface area contributed by atoms with Crippen molar-refractivity contribution in [3.63, 3.8) is 0 Å². The zero-order chi connectivity index (χ0) is 10.8. The van der Waals surface area contributed by atoms with Gasteiger partial charge in [0.15, 0.2) is 0 Å². The van der Waals surface area contributed by atoms with E-state index in [-0.39, 0.29) is 0 Å². The van der Waals surface area contributed by atoms with Gasteiger partial charge >= 0.3 is 0 Å². The van der Waals surface area contributed by atoms with Gasteiger partial charge in [0.05, 0.1) is 0 Å². The predicted molar refractivity (Wildman–Crippen MR) is 65.0 cm³/mol. The van der Waals surface area contributed by atoms with Gasteiger partial charge in [-0.1, -0.05) is 25.7 Å². The second-order valence-electron chi connectivity index (χ2n) is 4.73. The largest absolute Gasteiger partial charge is 0.301 e. The van der Waals surface area contributed by atoms with Gasteiger partial charge in [0.25, 0.3) is 0 Å². The van der Waals surface area contributed by atoms with Crippen LogP contribution >= 0.6 is 0 Å². The zero-order valence-corrected chi connectivity index (χ0v) is 9.95.